The standard InChI is InChI=1S/C14H16N4O/c19-14(10-18-8-2-7-16-18)17-12-4-5-13-11(9-12)3-1-6-15-13/h2,4-5,7-9,15H,1,3,6,10H2,(H,17,19). The molecule has 1 aromatic heterocycles. The number of nitrogens with one attached hydrogen (secondary N) is 2. The number of carbonyl (C=O) groups is 1. The highest BCUT2D eigenvalue weighted by Crippen LogP contribution is 2.25. The van der Waals surface area contributed by atoms with Crippen molar-refractivity contribution in [2.75, 3.05) is 17.2 Å². The van der Waals surface area contributed by atoms with Crippen molar-refractivity contribution in [2.24, 2.45) is 0 Å². The molecule has 5 nitrogen and oxygen atoms in total. The fraction of sp³-hybridized carbons (Fsp3) is 0.286. The lowest BCUT2D eigenvalue weighted by atomic mass is 10.0. The van der Waals surface area contributed by atoms with E-state index in [4.69, 9.17) is 0 Å². The summed E-state index contributed by atoms with van der Waals surface area (Å²) in [5.41, 5.74) is 3.29. The van der Waals surface area contributed by atoms with Gasteiger partial charge in [0.25, 0.3) is 0 Å². The highest BCUT2D eigenvalue weighted by Gasteiger charge is 2.10. The van der Waals surface area contributed by atoms with Crippen molar-refractivity contribution < 1.29 is 4.79 Å². The maximum absolute atomic E-state index is 11.9. The molecule has 3 rings (SSSR count). The zero-order chi connectivity index (χ0) is 13.1. The summed E-state index contributed by atoms with van der Waals surface area (Å²) in [6.07, 6.45) is 5.64. The molecule has 0 fully saturated rings. The van der Waals surface area contributed by atoms with Gasteiger partial charge in [-0.1, -0.05) is 0 Å². The number of hydrogen-bond donors (Lipinski definition) is 2. The van der Waals surface area contributed by atoms with E-state index in [-0.39, 0.29) is 12.5 Å². The molecule has 19 heavy (non-hydrogen) atoms. The largest absolute Gasteiger partial charge is 0.385 e. The van der Waals surface area contributed by atoms with Crippen LogP contribution in [0, 0.1) is 0 Å². The van der Waals surface area contributed by atoms with E-state index in [1.54, 1.807) is 23.1 Å². The van der Waals surface area contributed by atoms with E-state index in [0.717, 1.165) is 25.1 Å². The Labute approximate surface area is 111 Å². The van der Waals surface area contributed by atoms with Crippen molar-refractivity contribution in [3.05, 3.63) is 42.2 Å². The molecule has 2 N–H and O–H groups in total. The summed E-state index contributed by atoms with van der Waals surface area (Å²) < 4.78 is 1.61. The fourth-order valence-corrected chi connectivity index (χ4v) is 2.29. The van der Waals surface area contributed by atoms with E-state index in [2.05, 4.69) is 15.7 Å². The van der Waals surface area contributed by atoms with Crippen molar-refractivity contribution in [3.8, 4) is 0 Å². The van der Waals surface area contributed by atoms with Gasteiger partial charge in [0, 0.05) is 30.3 Å². The topological polar surface area (TPSA) is 59.0 Å². The maximum atomic E-state index is 11.9. The second-order valence-corrected chi connectivity index (χ2v) is 4.65. The predicted molar refractivity (Wildman–Crippen MR) is 74.1 cm³/mol. The van der Waals surface area contributed by atoms with Gasteiger partial charge in [-0.15, -0.1) is 0 Å². The Morgan fingerprint density at radius 3 is 3.26 bits per heavy atom. The summed E-state index contributed by atoms with van der Waals surface area (Å²) in [7, 11) is 0. The SMILES string of the molecule is O=C(Cn1cccn1)Nc1ccc2c(c1)CCCN2. The quantitative estimate of drug-likeness (QED) is 0.881. The van der Waals surface area contributed by atoms with Crippen molar-refractivity contribution in [1.82, 2.24) is 9.78 Å². The van der Waals surface area contributed by atoms with Crippen molar-refractivity contribution in [2.45, 2.75) is 19.4 Å². The van der Waals surface area contributed by atoms with Crippen molar-refractivity contribution in [3.63, 3.8) is 0 Å². The fourth-order valence-electron chi connectivity index (χ4n) is 2.29. The van der Waals surface area contributed by atoms with Crippen LogP contribution >= 0.6 is 0 Å². The van der Waals surface area contributed by atoms with Crippen LogP contribution in [0.4, 0.5) is 11.4 Å². The molecular formula is C14H16N4O. The van der Waals surface area contributed by atoms with Gasteiger partial charge in [-0.2, -0.15) is 5.10 Å². The van der Waals surface area contributed by atoms with Crippen LogP contribution in [-0.4, -0.2) is 22.2 Å². The molecule has 2 heterocycles. The van der Waals surface area contributed by atoms with E-state index in [1.165, 1.54) is 11.3 Å². The Hall–Kier alpha value is -2.30. The van der Waals surface area contributed by atoms with Gasteiger partial charge in [0.1, 0.15) is 6.54 Å². The number of nitrogens with zero attached hydrogens (tertiary/aromatic N) is 2. The van der Waals surface area contributed by atoms with E-state index in [1.807, 2.05) is 18.2 Å². The van der Waals surface area contributed by atoms with Crippen LogP contribution in [-0.2, 0) is 17.8 Å². The molecule has 0 spiro atoms. The Bertz CT molecular complexity index is 577. The minimum absolute atomic E-state index is 0.0626. The lowest BCUT2D eigenvalue weighted by Gasteiger charge is -2.18. The van der Waals surface area contributed by atoms with E-state index in [9.17, 15) is 4.79 Å². The Morgan fingerprint density at radius 2 is 2.42 bits per heavy atom. The number of amides is 1. The Morgan fingerprint density at radius 1 is 1.47 bits per heavy atom. The molecule has 0 atom stereocenters. The predicted octanol–water partition coefficient (Wildman–Crippen LogP) is 1.88. The van der Waals surface area contributed by atoms with E-state index < -0.39 is 0 Å². The van der Waals surface area contributed by atoms with Crippen LogP contribution in [0.2, 0.25) is 0 Å². The summed E-state index contributed by atoms with van der Waals surface area (Å²) in [6.45, 7) is 1.26. The number of carbonyl (C=O) groups excluding carboxylic acids is 1. The lowest BCUT2D eigenvalue weighted by molar-refractivity contribution is -0.116. The molecule has 0 saturated heterocycles. The third-order valence-corrected chi connectivity index (χ3v) is 3.19. The summed E-state index contributed by atoms with van der Waals surface area (Å²) in [6, 6.07) is 7.80. The van der Waals surface area contributed by atoms with Gasteiger partial charge in [-0.25, -0.2) is 0 Å². The molecule has 1 aromatic carbocycles. The first kappa shape index (κ1) is 11.8. The van der Waals surface area contributed by atoms with Gasteiger partial charge in [0.15, 0.2) is 0 Å². The average Bonchev–Trinajstić information content (AvgIpc) is 2.91. The number of fused-ring (bicyclic) bond motifs is 1. The third kappa shape index (κ3) is 2.76. The van der Waals surface area contributed by atoms with Gasteiger partial charge in [0.05, 0.1) is 0 Å². The van der Waals surface area contributed by atoms with Crippen LogP contribution in [0.25, 0.3) is 0 Å². The van der Waals surface area contributed by atoms with E-state index in [0.29, 0.717) is 0 Å². The molecule has 2 aromatic rings. The molecule has 98 valence electrons. The number of rotatable bonds is 3. The third-order valence-electron chi connectivity index (χ3n) is 3.19. The Balaban J connectivity index is 1.67. The molecule has 0 saturated carbocycles. The zero-order valence-electron chi connectivity index (χ0n) is 10.6. The summed E-state index contributed by atoms with van der Waals surface area (Å²) in [4.78, 5) is 11.9. The van der Waals surface area contributed by atoms with Crippen LogP contribution in [0.5, 0.6) is 0 Å². The van der Waals surface area contributed by atoms with Gasteiger partial charge < -0.3 is 10.6 Å². The summed E-state index contributed by atoms with van der Waals surface area (Å²) in [5, 5.41) is 10.3. The van der Waals surface area contributed by atoms with Crippen LogP contribution < -0.4 is 10.6 Å². The first-order valence-electron chi connectivity index (χ1n) is 6.45. The summed E-state index contributed by atoms with van der Waals surface area (Å²) >= 11 is 0. The highest BCUT2D eigenvalue weighted by molar-refractivity contribution is 5.90. The Kier molecular flexibility index (Phi) is 3.18. The molecule has 5 heteroatoms. The zero-order valence-corrected chi connectivity index (χ0v) is 10.6. The second-order valence-electron chi connectivity index (χ2n) is 4.65. The van der Waals surface area contributed by atoms with Crippen molar-refractivity contribution >= 4 is 17.3 Å². The molecule has 1 aliphatic rings. The minimum Gasteiger partial charge on any atom is -0.385 e. The van der Waals surface area contributed by atoms with Crippen LogP contribution in [0.15, 0.2) is 36.7 Å². The number of hydrogen-bond acceptors (Lipinski definition) is 3. The molecule has 0 aliphatic carbocycles. The van der Waals surface area contributed by atoms with Gasteiger partial charge in [-0.05, 0) is 42.7 Å². The normalized spacial score (nSPS) is 13.5. The van der Waals surface area contributed by atoms with Crippen LogP contribution in [0.3, 0.4) is 0 Å². The number of benzene rings is 1. The van der Waals surface area contributed by atoms with Gasteiger partial charge in [0.2, 0.25) is 5.91 Å². The molecular weight excluding hydrogens is 240 g/mol. The molecule has 0 bridgehead atoms. The minimum atomic E-state index is -0.0626. The van der Waals surface area contributed by atoms with E-state index >= 15 is 0 Å². The maximum Gasteiger partial charge on any atom is 0.246 e. The first-order chi connectivity index (χ1) is 9.31. The van der Waals surface area contributed by atoms with Gasteiger partial charge >= 0.3 is 0 Å². The molecule has 1 aliphatic heterocycles. The van der Waals surface area contributed by atoms with Crippen molar-refractivity contribution in [1.29, 1.82) is 0 Å². The monoisotopic (exact) mass is 256 g/mol. The smallest absolute Gasteiger partial charge is 0.246 e. The molecule has 1 amide bonds. The van der Waals surface area contributed by atoms with Gasteiger partial charge in [-0.3, -0.25) is 9.48 Å². The number of aromatic nitrogens is 2. The summed E-state index contributed by atoms with van der Waals surface area (Å²) in [5.74, 6) is -0.0626. The van der Waals surface area contributed by atoms with Crippen LogP contribution in [0.1, 0.15) is 12.0 Å². The molecule has 0 radical (unpaired) electrons. The number of anilines is 2. The first-order valence-corrected chi connectivity index (χ1v) is 6.45. The molecule has 0 unspecified atom stereocenters. The number of aryl methyl sites for hydroxylation is 1. The highest BCUT2D eigenvalue weighted by atomic mass is 16.2. The average molecular weight is 256 g/mol. The second kappa shape index (κ2) is 5.14. The lowest BCUT2D eigenvalue weighted by Crippen LogP contribution is -2.19.